The van der Waals surface area contributed by atoms with Crippen LogP contribution in [0.2, 0.25) is 0 Å². The van der Waals surface area contributed by atoms with Crippen molar-refractivity contribution in [2.24, 2.45) is 5.73 Å². The number of ether oxygens (including phenoxy) is 2. The molecule has 0 bridgehead atoms. The van der Waals surface area contributed by atoms with Gasteiger partial charge in [0.15, 0.2) is 17.3 Å². The predicted octanol–water partition coefficient (Wildman–Crippen LogP) is 2.45. The van der Waals surface area contributed by atoms with Gasteiger partial charge in [-0.2, -0.15) is 0 Å². The third-order valence-corrected chi connectivity index (χ3v) is 2.72. The molecule has 5 nitrogen and oxygen atoms in total. The summed E-state index contributed by atoms with van der Waals surface area (Å²) in [6.07, 6.45) is 0. The molecule has 0 radical (unpaired) electrons. The van der Waals surface area contributed by atoms with Gasteiger partial charge in [-0.05, 0) is 12.1 Å². The van der Waals surface area contributed by atoms with Crippen molar-refractivity contribution in [2.75, 3.05) is 12.8 Å². The largest absolute Gasteiger partial charge is 0.494 e. The van der Waals surface area contributed by atoms with E-state index in [1.54, 1.807) is 0 Å². The number of carbonyl (C=O) groups is 1. The summed E-state index contributed by atoms with van der Waals surface area (Å²) >= 11 is 0. The van der Waals surface area contributed by atoms with Crippen LogP contribution in [0.15, 0.2) is 30.3 Å². The van der Waals surface area contributed by atoms with Crippen LogP contribution in [0.5, 0.6) is 17.2 Å². The molecule has 0 spiro atoms. The van der Waals surface area contributed by atoms with Crippen LogP contribution in [-0.4, -0.2) is 13.0 Å². The van der Waals surface area contributed by atoms with Gasteiger partial charge in [0.25, 0.3) is 5.91 Å². The van der Waals surface area contributed by atoms with Gasteiger partial charge in [0.05, 0.1) is 18.4 Å². The van der Waals surface area contributed by atoms with Crippen LogP contribution < -0.4 is 20.9 Å². The molecule has 0 aliphatic rings. The lowest BCUT2D eigenvalue weighted by Crippen LogP contribution is -2.12. The zero-order chi connectivity index (χ0) is 15.6. The summed E-state index contributed by atoms with van der Waals surface area (Å²) in [6, 6.07) is 5.78. The zero-order valence-electron chi connectivity index (χ0n) is 11.0. The van der Waals surface area contributed by atoms with Gasteiger partial charge in [0, 0.05) is 18.2 Å². The molecule has 2 aromatic carbocycles. The Balaban J connectivity index is 2.34. The van der Waals surface area contributed by atoms with Crippen molar-refractivity contribution >= 4 is 11.6 Å². The summed E-state index contributed by atoms with van der Waals surface area (Å²) in [6.45, 7) is 0. The first-order valence-corrected chi connectivity index (χ1v) is 5.82. The predicted molar refractivity (Wildman–Crippen MR) is 72.4 cm³/mol. The van der Waals surface area contributed by atoms with Crippen LogP contribution in [0.3, 0.4) is 0 Å². The number of primary amides is 1. The van der Waals surface area contributed by atoms with E-state index in [2.05, 4.69) is 0 Å². The van der Waals surface area contributed by atoms with Crippen molar-refractivity contribution in [1.82, 2.24) is 0 Å². The number of hydrogen-bond acceptors (Lipinski definition) is 4. The molecule has 2 aromatic rings. The molecule has 0 unspecified atom stereocenters. The summed E-state index contributed by atoms with van der Waals surface area (Å²) < 4.78 is 37.2. The van der Waals surface area contributed by atoms with Gasteiger partial charge in [-0.1, -0.05) is 0 Å². The van der Waals surface area contributed by atoms with Gasteiger partial charge < -0.3 is 20.9 Å². The lowest BCUT2D eigenvalue weighted by Gasteiger charge is -2.11. The van der Waals surface area contributed by atoms with Crippen molar-refractivity contribution in [1.29, 1.82) is 0 Å². The fourth-order valence-corrected chi connectivity index (χ4v) is 1.68. The van der Waals surface area contributed by atoms with E-state index in [1.807, 2.05) is 0 Å². The van der Waals surface area contributed by atoms with E-state index in [-0.39, 0.29) is 28.5 Å². The highest BCUT2D eigenvalue weighted by molar-refractivity contribution is 5.93. The van der Waals surface area contributed by atoms with Crippen molar-refractivity contribution in [3.8, 4) is 17.2 Å². The normalized spacial score (nSPS) is 10.2. The second-order valence-electron chi connectivity index (χ2n) is 4.13. The Hall–Kier alpha value is -2.83. The molecule has 0 saturated carbocycles. The first kappa shape index (κ1) is 14.6. The Morgan fingerprint density at radius 3 is 2.38 bits per heavy atom. The van der Waals surface area contributed by atoms with E-state index in [0.717, 1.165) is 12.1 Å². The Kier molecular flexibility index (Phi) is 3.93. The standard InChI is InChI=1S/C14H12F2N2O3/c1-20-12-6-13(11(17)5-10(12)16)21-7-2-3-8(14(18)19)9(15)4-7/h2-6H,17H2,1H3,(H2,18,19). The summed E-state index contributed by atoms with van der Waals surface area (Å²) in [5.41, 5.74) is 10.4. The number of anilines is 1. The maximum atomic E-state index is 13.6. The average molecular weight is 294 g/mol. The van der Waals surface area contributed by atoms with Crippen LogP contribution in [0.4, 0.5) is 14.5 Å². The van der Waals surface area contributed by atoms with Gasteiger partial charge in [0.1, 0.15) is 11.6 Å². The van der Waals surface area contributed by atoms with Crippen molar-refractivity contribution in [3.05, 3.63) is 47.5 Å². The smallest absolute Gasteiger partial charge is 0.251 e. The Labute approximate surface area is 119 Å². The van der Waals surface area contributed by atoms with E-state index >= 15 is 0 Å². The molecule has 4 N–H and O–H groups in total. The van der Waals surface area contributed by atoms with Crippen molar-refractivity contribution < 1.29 is 23.0 Å². The Bertz CT molecular complexity index is 705. The molecule has 0 atom stereocenters. The van der Waals surface area contributed by atoms with E-state index in [4.69, 9.17) is 20.9 Å². The van der Waals surface area contributed by atoms with Gasteiger partial charge in [0.2, 0.25) is 0 Å². The van der Waals surface area contributed by atoms with E-state index in [9.17, 15) is 13.6 Å². The average Bonchev–Trinajstić information content (AvgIpc) is 2.41. The topological polar surface area (TPSA) is 87.6 Å². The summed E-state index contributed by atoms with van der Waals surface area (Å²) in [4.78, 5) is 10.9. The molecule has 0 aliphatic heterocycles. The highest BCUT2D eigenvalue weighted by Crippen LogP contribution is 2.33. The number of benzene rings is 2. The van der Waals surface area contributed by atoms with Gasteiger partial charge in [-0.3, -0.25) is 4.79 Å². The van der Waals surface area contributed by atoms with E-state index in [0.29, 0.717) is 0 Å². The first-order chi connectivity index (χ1) is 9.92. The first-order valence-electron chi connectivity index (χ1n) is 5.82. The number of carbonyl (C=O) groups excluding carboxylic acids is 1. The van der Waals surface area contributed by atoms with Crippen molar-refractivity contribution in [3.63, 3.8) is 0 Å². The fraction of sp³-hybridized carbons (Fsp3) is 0.0714. The molecule has 110 valence electrons. The molecule has 2 rings (SSSR count). The molecule has 7 heteroatoms. The molecule has 1 amide bonds. The maximum Gasteiger partial charge on any atom is 0.251 e. The highest BCUT2D eigenvalue weighted by atomic mass is 19.1. The molecular weight excluding hydrogens is 282 g/mol. The van der Waals surface area contributed by atoms with Crippen LogP contribution in [0.1, 0.15) is 10.4 Å². The van der Waals surface area contributed by atoms with Gasteiger partial charge in [-0.15, -0.1) is 0 Å². The SMILES string of the molecule is COc1cc(Oc2ccc(C(N)=O)c(F)c2)c(N)cc1F. The third kappa shape index (κ3) is 3.02. The Morgan fingerprint density at radius 2 is 1.81 bits per heavy atom. The number of amides is 1. The lowest BCUT2D eigenvalue weighted by atomic mass is 10.2. The minimum atomic E-state index is -0.887. The second-order valence-corrected chi connectivity index (χ2v) is 4.13. The quantitative estimate of drug-likeness (QED) is 0.848. The zero-order valence-corrected chi connectivity index (χ0v) is 11.0. The summed E-state index contributed by atoms with van der Waals surface area (Å²) in [5, 5.41) is 0. The molecule has 0 saturated heterocycles. The molecule has 0 fully saturated rings. The van der Waals surface area contributed by atoms with Gasteiger partial charge >= 0.3 is 0 Å². The summed E-state index contributed by atoms with van der Waals surface area (Å²) in [5.74, 6) is -2.24. The molecule has 21 heavy (non-hydrogen) atoms. The van der Waals surface area contributed by atoms with Crippen LogP contribution >= 0.6 is 0 Å². The number of nitrogens with two attached hydrogens (primary N) is 2. The van der Waals surface area contributed by atoms with Gasteiger partial charge in [-0.25, -0.2) is 8.78 Å². The minimum absolute atomic E-state index is 0.0210. The maximum absolute atomic E-state index is 13.6. The second kappa shape index (κ2) is 5.66. The monoisotopic (exact) mass is 294 g/mol. The molecule has 0 aliphatic carbocycles. The number of rotatable bonds is 4. The summed E-state index contributed by atoms with van der Waals surface area (Å²) in [7, 11) is 1.29. The third-order valence-electron chi connectivity index (χ3n) is 2.72. The number of hydrogen-bond donors (Lipinski definition) is 2. The van der Waals surface area contributed by atoms with E-state index in [1.165, 1.54) is 25.3 Å². The lowest BCUT2D eigenvalue weighted by molar-refractivity contribution is 0.0996. The van der Waals surface area contributed by atoms with Crippen LogP contribution in [0, 0.1) is 11.6 Å². The molecular formula is C14H12F2N2O3. The number of halogens is 2. The molecule has 0 aromatic heterocycles. The van der Waals surface area contributed by atoms with E-state index < -0.39 is 17.5 Å². The van der Waals surface area contributed by atoms with Crippen LogP contribution in [-0.2, 0) is 0 Å². The Morgan fingerprint density at radius 1 is 1.10 bits per heavy atom. The number of nitrogen functional groups attached to an aromatic ring is 1. The number of methoxy groups -OCH3 is 1. The fourth-order valence-electron chi connectivity index (χ4n) is 1.68. The molecule has 0 heterocycles. The minimum Gasteiger partial charge on any atom is -0.494 e. The highest BCUT2D eigenvalue weighted by Gasteiger charge is 2.13. The van der Waals surface area contributed by atoms with Crippen molar-refractivity contribution in [2.45, 2.75) is 0 Å². The van der Waals surface area contributed by atoms with Crippen LogP contribution in [0.25, 0.3) is 0 Å².